The van der Waals surface area contributed by atoms with Crippen LogP contribution in [-0.2, 0) is 11.3 Å². The minimum atomic E-state index is -0.876. The number of rotatable bonds is 8. The number of nitrogens with zero attached hydrogens (tertiary/aromatic N) is 3. The molecule has 7 nitrogen and oxygen atoms in total. The Morgan fingerprint density at radius 1 is 1.40 bits per heavy atom. The molecule has 0 saturated carbocycles. The molecule has 1 aromatic heterocycles. The van der Waals surface area contributed by atoms with Crippen molar-refractivity contribution in [3.63, 3.8) is 0 Å². The molecular formula is C16H25Cl2N5O2. The number of nitrogens with two attached hydrogens (primary N) is 1. The summed E-state index contributed by atoms with van der Waals surface area (Å²) in [6.07, 6.45) is 4.60. The number of anilines is 1. The van der Waals surface area contributed by atoms with Gasteiger partial charge in [-0.3, -0.25) is 4.79 Å². The largest absolute Gasteiger partial charge is 0.492 e. The van der Waals surface area contributed by atoms with Gasteiger partial charge in [0, 0.05) is 11.8 Å². The van der Waals surface area contributed by atoms with Crippen molar-refractivity contribution in [2.75, 3.05) is 11.9 Å². The van der Waals surface area contributed by atoms with Gasteiger partial charge in [0.05, 0.1) is 12.1 Å². The van der Waals surface area contributed by atoms with Crippen LogP contribution < -0.4 is 15.8 Å². The first-order valence-electron chi connectivity index (χ1n) is 7.67. The Balaban J connectivity index is 0.00000288. The van der Waals surface area contributed by atoms with Crippen LogP contribution in [0, 0.1) is 0 Å². The van der Waals surface area contributed by atoms with Crippen molar-refractivity contribution in [1.82, 2.24) is 14.8 Å². The van der Waals surface area contributed by atoms with Crippen molar-refractivity contribution in [3.8, 4) is 5.75 Å². The molecule has 140 valence electrons. The molecule has 0 radical (unpaired) electrons. The predicted octanol–water partition coefficient (Wildman–Crippen LogP) is 2.66. The SMILES string of the molecule is CCCC(C)(N)C(=O)Nc1cccc(OCCn2cncn2)c1.Cl.Cl. The lowest BCUT2D eigenvalue weighted by Crippen LogP contribution is -2.48. The second-order valence-corrected chi connectivity index (χ2v) is 5.66. The van der Waals surface area contributed by atoms with E-state index in [-0.39, 0.29) is 30.7 Å². The third-order valence-electron chi connectivity index (χ3n) is 3.44. The summed E-state index contributed by atoms with van der Waals surface area (Å²) in [6, 6.07) is 7.25. The topological polar surface area (TPSA) is 95.1 Å². The summed E-state index contributed by atoms with van der Waals surface area (Å²) in [5, 5.41) is 6.84. The van der Waals surface area contributed by atoms with E-state index in [9.17, 15) is 4.79 Å². The van der Waals surface area contributed by atoms with Crippen LogP contribution in [0.25, 0.3) is 0 Å². The van der Waals surface area contributed by atoms with Crippen molar-refractivity contribution < 1.29 is 9.53 Å². The summed E-state index contributed by atoms with van der Waals surface area (Å²) in [7, 11) is 0. The van der Waals surface area contributed by atoms with E-state index >= 15 is 0 Å². The van der Waals surface area contributed by atoms with Gasteiger partial charge < -0.3 is 15.8 Å². The summed E-state index contributed by atoms with van der Waals surface area (Å²) in [4.78, 5) is 16.1. The number of carbonyl (C=O) groups is 1. The highest BCUT2D eigenvalue weighted by atomic mass is 35.5. The van der Waals surface area contributed by atoms with Crippen molar-refractivity contribution in [2.24, 2.45) is 5.73 Å². The van der Waals surface area contributed by atoms with Crippen LogP contribution in [0.5, 0.6) is 5.75 Å². The maximum absolute atomic E-state index is 12.2. The Labute approximate surface area is 160 Å². The van der Waals surface area contributed by atoms with Crippen LogP contribution in [0.2, 0.25) is 0 Å². The minimum Gasteiger partial charge on any atom is -0.492 e. The fraction of sp³-hybridized carbons (Fsp3) is 0.438. The lowest BCUT2D eigenvalue weighted by molar-refractivity contribution is -0.120. The maximum Gasteiger partial charge on any atom is 0.244 e. The molecule has 3 N–H and O–H groups in total. The van der Waals surface area contributed by atoms with E-state index in [1.54, 1.807) is 24.0 Å². The number of benzene rings is 1. The number of hydrogen-bond acceptors (Lipinski definition) is 5. The fourth-order valence-electron chi connectivity index (χ4n) is 2.18. The molecule has 1 heterocycles. The van der Waals surface area contributed by atoms with Gasteiger partial charge in [0.25, 0.3) is 0 Å². The molecule has 0 aliphatic rings. The van der Waals surface area contributed by atoms with Crippen LogP contribution in [0.3, 0.4) is 0 Å². The Hall–Kier alpha value is -1.83. The second-order valence-electron chi connectivity index (χ2n) is 5.66. The average Bonchev–Trinajstić information content (AvgIpc) is 3.01. The molecule has 1 unspecified atom stereocenters. The van der Waals surface area contributed by atoms with Crippen LogP contribution >= 0.6 is 24.8 Å². The van der Waals surface area contributed by atoms with Gasteiger partial charge in [0.2, 0.25) is 5.91 Å². The standard InChI is InChI=1S/C16H23N5O2.2ClH/c1-3-7-16(2,17)15(22)20-13-5-4-6-14(10-13)23-9-8-21-12-18-11-19-21;;/h4-6,10-12H,3,7-9,17H2,1-2H3,(H,20,22);2*1H. The van der Waals surface area contributed by atoms with Gasteiger partial charge in [-0.1, -0.05) is 19.4 Å². The Morgan fingerprint density at radius 3 is 2.80 bits per heavy atom. The van der Waals surface area contributed by atoms with Crippen LogP contribution in [0.4, 0.5) is 5.69 Å². The zero-order chi connectivity index (χ0) is 16.7. The Morgan fingerprint density at radius 2 is 2.16 bits per heavy atom. The van der Waals surface area contributed by atoms with E-state index in [4.69, 9.17) is 10.5 Å². The van der Waals surface area contributed by atoms with E-state index in [0.717, 1.165) is 6.42 Å². The lowest BCUT2D eigenvalue weighted by atomic mass is 9.96. The molecular weight excluding hydrogens is 365 g/mol. The van der Waals surface area contributed by atoms with Gasteiger partial charge in [-0.2, -0.15) is 5.10 Å². The monoisotopic (exact) mass is 389 g/mol. The molecule has 1 amide bonds. The lowest BCUT2D eigenvalue weighted by Gasteiger charge is -2.23. The first-order chi connectivity index (χ1) is 11.0. The van der Waals surface area contributed by atoms with Gasteiger partial charge in [-0.15, -0.1) is 24.8 Å². The fourth-order valence-corrected chi connectivity index (χ4v) is 2.18. The van der Waals surface area contributed by atoms with Crippen LogP contribution in [0.1, 0.15) is 26.7 Å². The quantitative estimate of drug-likeness (QED) is 0.723. The first-order valence-corrected chi connectivity index (χ1v) is 7.67. The number of ether oxygens (including phenoxy) is 1. The molecule has 1 aromatic carbocycles. The number of hydrogen-bond donors (Lipinski definition) is 2. The van der Waals surface area contributed by atoms with Crippen molar-refractivity contribution in [2.45, 2.75) is 38.8 Å². The summed E-state index contributed by atoms with van der Waals surface area (Å²) in [5.74, 6) is 0.483. The predicted molar refractivity (Wildman–Crippen MR) is 103 cm³/mol. The minimum absolute atomic E-state index is 0. The van der Waals surface area contributed by atoms with Gasteiger partial charge in [-0.25, -0.2) is 9.67 Å². The van der Waals surface area contributed by atoms with E-state index < -0.39 is 5.54 Å². The molecule has 9 heteroatoms. The highest BCUT2D eigenvalue weighted by Crippen LogP contribution is 2.19. The molecule has 0 aliphatic heterocycles. The molecule has 0 spiro atoms. The van der Waals surface area contributed by atoms with Crippen LogP contribution in [0.15, 0.2) is 36.9 Å². The highest BCUT2D eigenvalue weighted by Gasteiger charge is 2.27. The third kappa shape index (κ3) is 7.29. The number of nitrogens with one attached hydrogen (secondary N) is 1. The van der Waals surface area contributed by atoms with E-state index in [0.29, 0.717) is 31.0 Å². The van der Waals surface area contributed by atoms with Crippen molar-refractivity contribution >= 4 is 36.4 Å². The molecule has 25 heavy (non-hydrogen) atoms. The number of amides is 1. The molecule has 0 aliphatic carbocycles. The van der Waals surface area contributed by atoms with Gasteiger partial charge >= 0.3 is 0 Å². The van der Waals surface area contributed by atoms with Gasteiger partial charge in [0.15, 0.2) is 0 Å². The smallest absolute Gasteiger partial charge is 0.244 e. The summed E-state index contributed by atoms with van der Waals surface area (Å²) in [6.45, 7) is 4.81. The normalized spacial score (nSPS) is 12.3. The van der Waals surface area contributed by atoms with Gasteiger partial charge in [0.1, 0.15) is 25.0 Å². The highest BCUT2D eigenvalue weighted by molar-refractivity contribution is 5.97. The molecule has 2 aromatic rings. The number of aromatic nitrogens is 3. The van der Waals surface area contributed by atoms with Crippen LogP contribution in [-0.4, -0.2) is 32.8 Å². The summed E-state index contributed by atoms with van der Waals surface area (Å²) in [5.41, 5.74) is 5.82. The first kappa shape index (κ1) is 23.2. The van der Waals surface area contributed by atoms with Crippen molar-refractivity contribution in [1.29, 1.82) is 0 Å². The molecule has 0 saturated heterocycles. The number of halogens is 2. The average molecular weight is 390 g/mol. The molecule has 0 bridgehead atoms. The Bertz CT molecular complexity index is 635. The van der Waals surface area contributed by atoms with E-state index in [2.05, 4.69) is 15.4 Å². The van der Waals surface area contributed by atoms with E-state index in [1.807, 2.05) is 25.1 Å². The van der Waals surface area contributed by atoms with Crippen molar-refractivity contribution in [3.05, 3.63) is 36.9 Å². The Kier molecular flexibility index (Phi) is 10.1. The zero-order valence-corrected chi connectivity index (χ0v) is 16.0. The summed E-state index contributed by atoms with van der Waals surface area (Å²) >= 11 is 0. The van der Waals surface area contributed by atoms with E-state index in [1.165, 1.54) is 6.33 Å². The third-order valence-corrected chi connectivity index (χ3v) is 3.44. The summed E-state index contributed by atoms with van der Waals surface area (Å²) < 4.78 is 7.35. The molecule has 0 fully saturated rings. The molecule has 1 atom stereocenters. The molecule has 2 rings (SSSR count). The van der Waals surface area contributed by atoms with Gasteiger partial charge in [-0.05, 0) is 25.5 Å². The maximum atomic E-state index is 12.2. The zero-order valence-electron chi connectivity index (χ0n) is 14.3. The number of carbonyl (C=O) groups excluding carboxylic acids is 1. The second kappa shape index (κ2) is 10.9.